The molecule has 0 aliphatic carbocycles. The molecule has 0 radical (unpaired) electrons. The minimum atomic E-state index is -1.11. The van der Waals surface area contributed by atoms with Crippen LogP contribution in [0.2, 0.25) is 0 Å². The lowest BCUT2D eigenvalue weighted by molar-refractivity contribution is 0.0341. The number of phenols is 1. The van der Waals surface area contributed by atoms with E-state index in [1.807, 2.05) is 0 Å². The van der Waals surface area contributed by atoms with Crippen molar-refractivity contribution in [3.05, 3.63) is 102 Å². The Balaban J connectivity index is 2.06. The molecule has 0 amide bonds. The Bertz CT molecular complexity index is 1330. The monoisotopic (exact) mass is 674 g/mol. The number of hydrogen-bond donors (Lipinski definition) is 1. The molecule has 32 heavy (non-hydrogen) atoms. The second kappa shape index (κ2) is 11.1. The van der Waals surface area contributed by atoms with Crippen molar-refractivity contribution in [1.82, 2.24) is 0 Å². The van der Waals surface area contributed by atoms with E-state index in [9.17, 15) is 14.7 Å². The molecule has 3 aromatic carbocycles. The molecule has 0 heterocycles. The molecule has 1 unspecified atom stereocenters. The summed E-state index contributed by atoms with van der Waals surface area (Å²) in [6.07, 6.45) is -0.0362. The molecule has 0 fully saturated rings. The Morgan fingerprint density at radius 2 is 1.72 bits per heavy atom. The molecule has 5 nitrogen and oxygen atoms in total. The number of aromatic hydroxyl groups is 1. The first kappa shape index (κ1) is 19.3. The van der Waals surface area contributed by atoms with Crippen LogP contribution in [0.4, 0.5) is 0 Å². The van der Waals surface area contributed by atoms with Gasteiger partial charge in [0.25, 0.3) is 0 Å². The number of carbonyl (C=O) groups is 2. The third kappa shape index (κ3) is 6.20. The fourth-order valence-corrected chi connectivity index (χ4v) is 4.05. The van der Waals surface area contributed by atoms with Gasteiger partial charge in [-0.1, -0.05) is 30.3 Å². The van der Waals surface area contributed by atoms with Gasteiger partial charge in [-0.3, -0.25) is 4.79 Å². The lowest BCUT2D eigenvalue weighted by atomic mass is 10.1. The lowest BCUT2D eigenvalue weighted by Gasteiger charge is -2.18. The molecule has 1 atom stereocenters. The van der Waals surface area contributed by atoms with Crippen LogP contribution in [-0.2, 0) is 4.74 Å². The number of ether oxygens (including phenoxy) is 2. The van der Waals surface area contributed by atoms with Gasteiger partial charge in [-0.05, 0) is 97.7 Å². The van der Waals surface area contributed by atoms with Crippen LogP contribution in [0.15, 0.2) is 87.4 Å². The Hall–Kier alpha value is -2.17. The predicted octanol–water partition coefficient (Wildman–Crippen LogP) is 6.91. The van der Waals surface area contributed by atoms with E-state index in [0.29, 0.717) is 0 Å². The third-order valence-corrected chi connectivity index (χ3v) is 6.07. The third-order valence-electron chi connectivity index (χ3n) is 4.10. The molecule has 0 aromatic heterocycles. The summed E-state index contributed by atoms with van der Waals surface area (Å²) < 4.78 is 44.1. The summed E-state index contributed by atoms with van der Waals surface area (Å²) in [6, 6.07) is 9.30. The molecule has 164 valence electrons. The molecule has 8 heteroatoms. The molecule has 0 saturated carbocycles. The SMILES string of the molecule is [2H]c1c([2H])c([2H])c(O/C(=C/C(=O)c2cc(Br)c(O)c(Br)c2)C(C)OC(=O)c2ccccc2)c(I)c1[2H]. The van der Waals surface area contributed by atoms with E-state index in [-0.39, 0.29) is 46.9 Å². The molecule has 0 spiro atoms. The van der Waals surface area contributed by atoms with Gasteiger partial charge in [0.1, 0.15) is 17.3 Å². The minimum Gasteiger partial charge on any atom is -0.506 e. The largest absolute Gasteiger partial charge is 0.506 e. The summed E-state index contributed by atoms with van der Waals surface area (Å²) in [5, 5.41) is 9.95. The van der Waals surface area contributed by atoms with Crippen molar-refractivity contribution in [1.29, 1.82) is 0 Å². The smallest absolute Gasteiger partial charge is 0.338 e. The average Bonchev–Trinajstić information content (AvgIpc) is 2.86. The van der Waals surface area contributed by atoms with Crippen LogP contribution in [0.25, 0.3) is 0 Å². The van der Waals surface area contributed by atoms with Crippen molar-refractivity contribution >= 4 is 66.2 Å². The summed E-state index contributed by atoms with van der Waals surface area (Å²) in [6.45, 7) is 1.47. The highest BCUT2D eigenvalue weighted by molar-refractivity contribution is 14.1. The number of ketones is 1. The van der Waals surface area contributed by atoms with Gasteiger partial charge in [-0.25, -0.2) is 4.79 Å². The standard InChI is InChI=1S/C24H17Br2IO5/c1-14(31-24(30)15-7-3-2-4-8-15)22(32-21-10-6-5-9-19(21)27)13-20(28)16-11-17(25)23(29)18(26)12-16/h2-14,29H,1H3/b22-13+/i5D,6D,9D,10D. The van der Waals surface area contributed by atoms with Gasteiger partial charge in [-0.2, -0.15) is 0 Å². The fraction of sp³-hybridized carbons (Fsp3) is 0.0833. The molecule has 3 rings (SSSR count). The van der Waals surface area contributed by atoms with Gasteiger partial charge in [0.2, 0.25) is 0 Å². The van der Waals surface area contributed by atoms with E-state index in [1.54, 1.807) is 52.9 Å². The molecule has 1 N–H and O–H groups in total. The van der Waals surface area contributed by atoms with Crippen LogP contribution in [0.5, 0.6) is 11.5 Å². The molecular formula is C24H17Br2IO5. The van der Waals surface area contributed by atoms with Gasteiger partial charge in [0.15, 0.2) is 11.9 Å². The van der Waals surface area contributed by atoms with Crippen LogP contribution >= 0.6 is 54.5 Å². The maximum absolute atomic E-state index is 13.1. The van der Waals surface area contributed by atoms with Gasteiger partial charge in [0, 0.05) is 11.6 Å². The van der Waals surface area contributed by atoms with E-state index in [4.69, 9.17) is 15.0 Å². The van der Waals surface area contributed by atoms with Crippen molar-refractivity contribution < 1.29 is 29.7 Å². The Kier molecular flexibility index (Phi) is 6.71. The van der Waals surface area contributed by atoms with Crippen molar-refractivity contribution in [2.75, 3.05) is 0 Å². The van der Waals surface area contributed by atoms with Gasteiger partial charge < -0.3 is 14.6 Å². The normalized spacial score (nSPS) is 13.9. The second-order valence-corrected chi connectivity index (χ2v) is 9.15. The van der Waals surface area contributed by atoms with E-state index < -0.39 is 36.0 Å². The maximum atomic E-state index is 13.1. The topological polar surface area (TPSA) is 72.8 Å². The average molecular weight is 676 g/mol. The number of phenolic OH excluding ortho intramolecular Hbond substituents is 1. The number of rotatable bonds is 7. The van der Waals surface area contributed by atoms with Crippen LogP contribution in [0.3, 0.4) is 0 Å². The summed E-state index contributed by atoms with van der Waals surface area (Å²) in [5.74, 6) is -1.70. The second-order valence-electron chi connectivity index (χ2n) is 6.36. The zero-order chi connectivity index (χ0) is 26.7. The molecule has 0 bridgehead atoms. The Morgan fingerprint density at radius 3 is 2.38 bits per heavy atom. The quantitative estimate of drug-likeness (QED) is 0.0969. The highest BCUT2D eigenvalue weighted by Crippen LogP contribution is 2.34. The number of hydrogen-bond acceptors (Lipinski definition) is 5. The molecule has 3 aromatic rings. The van der Waals surface area contributed by atoms with Crippen molar-refractivity contribution in [3.8, 4) is 11.5 Å². The number of halogens is 3. The van der Waals surface area contributed by atoms with Crippen molar-refractivity contribution in [2.24, 2.45) is 0 Å². The number of esters is 1. The van der Waals surface area contributed by atoms with Crippen LogP contribution in [0.1, 0.15) is 33.1 Å². The fourth-order valence-electron chi connectivity index (χ4n) is 2.48. The lowest BCUT2D eigenvalue weighted by Crippen LogP contribution is -2.21. The summed E-state index contributed by atoms with van der Waals surface area (Å²) >= 11 is 8.08. The number of benzene rings is 3. The van der Waals surface area contributed by atoms with E-state index in [2.05, 4.69) is 31.9 Å². The minimum absolute atomic E-state index is 0.0907. The van der Waals surface area contributed by atoms with Crippen molar-refractivity contribution in [3.63, 3.8) is 0 Å². The maximum Gasteiger partial charge on any atom is 0.338 e. The predicted molar refractivity (Wildman–Crippen MR) is 137 cm³/mol. The number of carbonyl (C=O) groups excluding carboxylic acids is 2. The molecule has 0 aliphatic heterocycles. The van der Waals surface area contributed by atoms with Gasteiger partial charge in [-0.15, -0.1) is 0 Å². The number of para-hydroxylation sites is 1. The Labute approximate surface area is 221 Å². The van der Waals surface area contributed by atoms with Crippen LogP contribution in [0, 0.1) is 3.57 Å². The van der Waals surface area contributed by atoms with Gasteiger partial charge >= 0.3 is 5.97 Å². The molecule has 0 saturated heterocycles. The van der Waals surface area contributed by atoms with Crippen LogP contribution < -0.4 is 4.74 Å². The van der Waals surface area contributed by atoms with E-state index in [1.165, 1.54) is 19.1 Å². The Morgan fingerprint density at radius 1 is 1.09 bits per heavy atom. The summed E-state index contributed by atoms with van der Waals surface area (Å²) in [7, 11) is 0. The van der Waals surface area contributed by atoms with E-state index in [0.717, 1.165) is 6.08 Å². The molecule has 0 aliphatic rings. The first-order chi connectivity index (χ1) is 16.9. The zero-order valence-corrected chi connectivity index (χ0v) is 21.7. The van der Waals surface area contributed by atoms with Crippen molar-refractivity contribution in [2.45, 2.75) is 13.0 Å². The highest BCUT2D eigenvalue weighted by atomic mass is 127. The zero-order valence-electron chi connectivity index (χ0n) is 20.4. The first-order valence-corrected chi connectivity index (χ1v) is 11.7. The first-order valence-electron chi connectivity index (χ1n) is 11.1. The molecular weight excluding hydrogens is 655 g/mol. The number of allylic oxidation sites excluding steroid dienone is 1. The highest BCUT2D eigenvalue weighted by Gasteiger charge is 2.21. The summed E-state index contributed by atoms with van der Waals surface area (Å²) in [4.78, 5) is 25.7. The summed E-state index contributed by atoms with van der Waals surface area (Å²) in [5.41, 5.74) is 0.441. The van der Waals surface area contributed by atoms with Crippen LogP contribution in [-0.4, -0.2) is 23.0 Å². The van der Waals surface area contributed by atoms with Gasteiger partial charge in [0.05, 0.1) is 23.6 Å². The van der Waals surface area contributed by atoms with E-state index >= 15 is 0 Å².